The second-order valence-corrected chi connectivity index (χ2v) is 15.0. The largest absolute Gasteiger partial charge is 0.233 e. The molecular formula is C28H36S. The number of hydrogen-bond acceptors (Lipinski definition) is 0. The van der Waals surface area contributed by atoms with E-state index < -0.39 is 10.0 Å². The first kappa shape index (κ1) is 18.6. The number of benzene rings is 2. The Morgan fingerprint density at radius 2 is 0.966 bits per heavy atom. The molecule has 4 aliphatic carbocycles. The van der Waals surface area contributed by atoms with Gasteiger partial charge in [0.15, 0.2) is 0 Å². The molecule has 0 fully saturated rings. The van der Waals surface area contributed by atoms with E-state index in [0.29, 0.717) is 0 Å². The van der Waals surface area contributed by atoms with Crippen molar-refractivity contribution in [3.8, 4) is 0 Å². The average Bonchev–Trinajstić information content (AvgIpc) is 3.40. The van der Waals surface area contributed by atoms with E-state index in [-0.39, 0.29) is 0 Å². The molecule has 0 radical (unpaired) electrons. The molecule has 29 heavy (non-hydrogen) atoms. The highest BCUT2D eigenvalue weighted by Gasteiger charge is 2.46. The maximum absolute atomic E-state index is 2.69. The van der Waals surface area contributed by atoms with Crippen molar-refractivity contribution in [1.82, 2.24) is 0 Å². The highest BCUT2D eigenvalue weighted by atomic mass is 32.3. The normalized spacial score (nSPS) is 30.2. The zero-order valence-electron chi connectivity index (χ0n) is 18.7. The fourth-order valence-corrected chi connectivity index (χ4v) is 12.5. The number of hydrogen-bond donors (Lipinski definition) is 0. The van der Waals surface area contributed by atoms with Crippen molar-refractivity contribution in [2.75, 3.05) is 12.5 Å². The second-order valence-electron chi connectivity index (χ2n) is 11.0. The van der Waals surface area contributed by atoms with Gasteiger partial charge in [-0.2, -0.15) is 0 Å². The maximum Gasteiger partial charge on any atom is 0.0172 e. The van der Waals surface area contributed by atoms with Crippen molar-refractivity contribution in [2.45, 2.75) is 75.7 Å². The topological polar surface area (TPSA) is 0 Å². The Hall–Kier alpha value is -1.21. The van der Waals surface area contributed by atoms with E-state index in [1.165, 1.54) is 51.4 Å². The first-order valence-electron chi connectivity index (χ1n) is 11.9. The molecule has 0 aliphatic heterocycles. The fourth-order valence-electron chi connectivity index (χ4n) is 7.80. The molecule has 0 N–H and O–H groups in total. The minimum Gasteiger partial charge on any atom is -0.233 e. The summed E-state index contributed by atoms with van der Waals surface area (Å²) in [5.74, 6) is 1.59. The average molecular weight is 405 g/mol. The molecule has 0 saturated heterocycles. The lowest BCUT2D eigenvalue weighted by atomic mass is 10.0. The minimum atomic E-state index is -0.798. The first-order valence-corrected chi connectivity index (χ1v) is 14.5. The van der Waals surface area contributed by atoms with Crippen LogP contribution in [0.2, 0.25) is 0 Å². The van der Waals surface area contributed by atoms with Crippen molar-refractivity contribution < 1.29 is 0 Å². The molecule has 0 aromatic heterocycles. The van der Waals surface area contributed by atoms with Crippen LogP contribution in [0.25, 0.3) is 0 Å². The summed E-state index contributed by atoms with van der Waals surface area (Å²) < 4.78 is 0. The number of fused-ring (bicyclic) bond motifs is 4. The van der Waals surface area contributed by atoms with Crippen molar-refractivity contribution in [3.63, 3.8) is 0 Å². The molecule has 2 aromatic carbocycles. The lowest BCUT2D eigenvalue weighted by molar-refractivity contribution is 0.578. The van der Waals surface area contributed by atoms with Crippen molar-refractivity contribution >= 4 is 10.0 Å². The summed E-state index contributed by atoms with van der Waals surface area (Å²) in [6, 6.07) is 10.6. The van der Waals surface area contributed by atoms with Gasteiger partial charge in [0.1, 0.15) is 0 Å². The highest BCUT2D eigenvalue weighted by molar-refractivity contribution is 8.33. The van der Waals surface area contributed by atoms with E-state index in [4.69, 9.17) is 0 Å². The summed E-state index contributed by atoms with van der Waals surface area (Å²) in [5, 5.41) is 1.55. The fraction of sp³-hybridized carbons (Fsp3) is 0.571. The Bertz CT molecular complexity index is 918. The maximum atomic E-state index is 2.69. The SMILES string of the molecule is CC1Cc2cc3c(cc2C1S(C)(C)C1c2cc4c(cc2CC1C)CCC4)CCC3. The first-order chi connectivity index (χ1) is 13.9. The van der Waals surface area contributed by atoms with Crippen molar-refractivity contribution in [3.05, 3.63) is 68.8 Å². The van der Waals surface area contributed by atoms with Crippen LogP contribution in [0.1, 0.15) is 81.7 Å². The second kappa shape index (κ2) is 6.39. The van der Waals surface area contributed by atoms with Crippen LogP contribution in [0, 0.1) is 11.8 Å². The quantitative estimate of drug-likeness (QED) is 0.511. The van der Waals surface area contributed by atoms with Gasteiger partial charge in [0.05, 0.1) is 0 Å². The monoisotopic (exact) mass is 404 g/mol. The van der Waals surface area contributed by atoms with Gasteiger partial charge in [0, 0.05) is 10.5 Å². The van der Waals surface area contributed by atoms with Crippen molar-refractivity contribution in [1.29, 1.82) is 0 Å². The van der Waals surface area contributed by atoms with Crippen LogP contribution < -0.4 is 0 Å². The Morgan fingerprint density at radius 1 is 0.586 bits per heavy atom. The van der Waals surface area contributed by atoms with Crippen LogP contribution in [-0.2, 0) is 38.5 Å². The van der Waals surface area contributed by atoms with E-state index in [0.717, 1.165) is 22.3 Å². The van der Waals surface area contributed by atoms with Gasteiger partial charge in [-0.15, -0.1) is 0 Å². The molecule has 0 saturated carbocycles. The predicted molar refractivity (Wildman–Crippen MR) is 128 cm³/mol. The Balaban J connectivity index is 1.44. The van der Waals surface area contributed by atoms with Gasteiger partial charge in [0.2, 0.25) is 0 Å². The molecule has 154 valence electrons. The van der Waals surface area contributed by atoms with Gasteiger partial charge in [-0.05, 0) is 120 Å². The standard InChI is InChI=1S/C28H36S/c1-17-11-23-13-19-7-5-9-21(19)15-25(23)27(17)29(3,4)28-18(2)12-24-14-20-8-6-10-22(20)16-26(24)28/h13-18,27-28H,5-12H2,1-4H3. The van der Waals surface area contributed by atoms with Gasteiger partial charge >= 0.3 is 0 Å². The molecule has 4 unspecified atom stereocenters. The van der Waals surface area contributed by atoms with Crippen LogP contribution in [0.15, 0.2) is 24.3 Å². The molecule has 0 amide bonds. The number of rotatable bonds is 2. The van der Waals surface area contributed by atoms with Crippen LogP contribution in [0.5, 0.6) is 0 Å². The molecule has 2 aromatic rings. The molecule has 0 heterocycles. The van der Waals surface area contributed by atoms with E-state index in [1.54, 1.807) is 44.5 Å². The molecular weight excluding hydrogens is 368 g/mol. The summed E-state index contributed by atoms with van der Waals surface area (Å²) in [4.78, 5) is 0. The predicted octanol–water partition coefficient (Wildman–Crippen LogP) is 6.90. The van der Waals surface area contributed by atoms with Crippen LogP contribution in [-0.4, -0.2) is 12.5 Å². The Morgan fingerprint density at radius 3 is 1.38 bits per heavy atom. The van der Waals surface area contributed by atoms with Gasteiger partial charge in [-0.25, -0.2) is 10.0 Å². The summed E-state index contributed by atoms with van der Waals surface area (Å²) in [5.41, 5.74) is 13.6. The summed E-state index contributed by atoms with van der Waals surface area (Å²) in [7, 11) is -0.798. The van der Waals surface area contributed by atoms with E-state index in [9.17, 15) is 0 Å². The highest BCUT2D eigenvalue weighted by Crippen LogP contribution is 2.73. The van der Waals surface area contributed by atoms with Crippen LogP contribution >= 0.6 is 10.0 Å². The molecule has 0 nitrogen and oxygen atoms in total. The third-order valence-electron chi connectivity index (χ3n) is 8.75. The summed E-state index contributed by atoms with van der Waals surface area (Å²) in [6.45, 7) is 5.10. The number of aryl methyl sites for hydroxylation is 4. The molecule has 6 rings (SSSR count). The van der Waals surface area contributed by atoms with Gasteiger partial charge in [-0.1, -0.05) is 38.1 Å². The van der Waals surface area contributed by atoms with Gasteiger partial charge in [0.25, 0.3) is 0 Å². The third kappa shape index (κ3) is 2.65. The van der Waals surface area contributed by atoms with Gasteiger partial charge in [-0.3, -0.25) is 0 Å². The van der Waals surface area contributed by atoms with Crippen molar-refractivity contribution in [2.24, 2.45) is 11.8 Å². The Kier molecular flexibility index (Phi) is 4.09. The molecule has 0 spiro atoms. The molecule has 0 bridgehead atoms. The zero-order chi connectivity index (χ0) is 19.9. The van der Waals surface area contributed by atoms with Crippen LogP contribution in [0.4, 0.5) is 0 Å². The minimum absolute atomic E-state index is 0.773. The molecule has 1 heteroatoms. The third-order valence-corrected chi connectivity index (χ3v) is 12.8. The Labute approximate surface area is 178 Å². The lowest BCUT2D eigenvalue weighted by Crippen LogP contribution is -2.21. The van der Waals surface area contributed by atoms with E-state index in [2.05, 4.69) is 50.6 Å². The lowest BCUT2D eigenvalue weighted by Gasteiger charge is -2.48. The van der Waals surface area contributed by atoms with E-state index in [1.807, 2.05) is 0 Å². The smallest absolute Gasteiger partial charge is 0.0172 e. The molecule has 4 aliphatic rings. The van der Waals surface area contributed by atoms with Crippen LogP contribution in [0.3, 0.4) is 0 Å². The zero-order valence-corrected chi connectivity index (χ0v) is 19.5. The molecule has 4 atom stereocenters. The van der Waals surface area contributed by atoms with E-state index >= 15 is 0 Å². The summed E-state index contributed by atoms with van der Waals surface area (Å²) in [6.07, 6.45) is 16.0. The summed E-state index contributed by atoms with van der Waals surface area (Å²) >= 11 is 0. The van der Waals surface area contributed by atoms with Gasteiger partial charge < -0.3 is 0 Å².